The molecule has 29 heavy (non-hydrogen) atoms. The molecule has 152 valence electrons. The van der Waals surface area contributed by atoms with E-state index in [2.05, 4.69) is 0 Å². The smallest absolute Gasteiger partial charge is 0.198 e. The predicted molar refractivity (Wildman–Crippen MR) is 106 cm³/mol. The number of hydrogen-bond donors (Lipinski definition) is 2. The van der Waals surface area contributed by atoms with Crippen molar-refractivity contribution in [2.45, 2.75) is 11.8 Å². The van der Waals surface area contributed by atoms with Crippen molar-refractivity contribution < 1.29 is 26.7 Å². The Morgan fingerprint density at radius 3 is 2.10 bits per heavy atom. The molecule has 0 saturated heterocycles. The lowest BCUT2D eigenvalue weighted by Crippen LogP contribution is -2.03. The summed E-state index contributed by atoms with van der Waals surface area (Å²) in [6, 6.07) is 11.8. The van der Waals surface area contributed by atoms with Gasteiger partial charge < -0.3 is 20.9 Å². The van der Waals surface area contributed by atoms with Crippen molar-refractivity contribution >= 4 is 21.2 Å². The minimum absolute atomic E-state index is 0.00982. The fourth-order valence-corrected chi connectivity index (χ4v) is 3.36. The molecule has 0 saturated carbocycles. The SMILES string of the molecule is CCS(=O)(=O)c1ccc(Oc2cc(N)c(N)c(Oc3c(F)cccc3F)c2)cc1. The molecule has 6 nitrogen and oxygen atoms in total. The molecule has 0 bridgehead atoms. The molecule has 3 aromatic rings. The second-order valence-corrected chi connectivity index (χ2v) is 8.33. The van der Waals surface area contributed by atoms with Crippen LogP contribution in [0.4, 0.5) is 20.2 Å². The van der Waals surface area contributed by atoms with Gasteiger partial charge in [-0.15, -0.1) is 0 Å². The first-order valence-corrected chi connectivity index (χ1v) is 10.2. The van der Waals surface area contributed by atoms with Gasteiger partial charge in [0.2, 0.25) is 0 Å². The van der Waals surface area contributed by atoms with E-state index in [0.717, 1.165) is 12.1 Å². The minimum atomic E-state index is -3.33. The first kappa shape index (κ1) is 20.4. The summed E-state index contributed by atoms with van der Waals surface area (Å²) >= 11 is 0. The Kier molecular flexibility index (Phi) is 5.60. The average Bonchev–Trinajstić information content (AvgIpc) is 2.69. The molecule has 0 amide bonds. The zero-order valence-corrected chi connectivity index (χ0v) is 16.2. The molecule has 0 fully saturated rings. The number of sulfone groups is 1. The lowest BCUT2D eigenvalue weighted by atomic mass is 10.2. The standard InChI is InChI=1S/C20H18F2N2O4S/c1-2-29(25,26)14-8-6-12(7-9-14)27-13-10-17(23)19(24)18(11-13)28-20-15(21)4-3-5-16(20)22/h3-11H,2,23-24H2,1H3. The van der Waals surface area contributed by atoms with Crippen molar-refractivity contribution in [1.29, 1.82) is 0 Å². The third kappa shape index (κ3) is 4.40. The maximum absolute atomic E-state index is 13.9. The maximum Gasteiger partial charge on any atom is 0.198 e. The van der Waals surface area contributed by atoms with Crippen molar-refractivity contribution in [2.24, 2.45) is 0 Å². The highest BCUT2D eigenvalue weighted by atomic mass is 32.2. The summed E-state index contributed by atoms with van der Waals surface area (Å²) in [5, 5.41) is 0. The summed E-state index contributed by atoms with van der Waals surface area (Å²) in [6.07, 6.45) is 0. The first-order valence-electron chi connectivity index (χ1n) is 8.53. The van der Waals surface area contributed by atoms with Crippen LogP contribution in [0.1, 0.15) is 6.92 Å². The van der Waals surface area contributed by atoms with Crippen LogP contribution in [-0.2, 0) is 9.84 Å². The van der Waals surface area contributed by atoms with E-state index < -0.39 is 27.2 Å². The lowest BCUT2D eigenvalue weighted by molar-refractivity contribution is 0.405. The van der Waals surface area contributed by atoms with Gasteiger partial charge in [0.15, 0.2) is 33.0 Å². The molecule has 0 aromatic heterocycles. The van der Waals surface area contributed by atoms with Gasteiger partial charge in [0.05, 0.1) is 22.0 Å². The number of para-hydroxylation sites is 1. The normalized spacial score (nSPS) is 11.3. The van der Waals surface area contributed by atoms with Crippen LogP contribution in [0.3, 0.4) is 0 Å². The first-order chi connectivity index (χ1) is 13.7. The summed E-state index contributed by atoms with van der Waals surface area (Å²) in [5.41, 5.74) is 11.8. The van der Waals surface area contributed by atoms with Crippen molar-refractivity contribution in [2.75, 3.05) is 17.2 Å². The molecule has 0 aliphatic rings. The van der Waals surface area contributed by atoms with Gasteiger partial charge in [0, 0.05) is 12.1 Å². The number of hydrogen-bond acceptors (Lipinski definition) is 6. The quantitative estimate of drug-likeness (QED) is 0.569. The number of anilines is 2. The zero-order valence-electron chi connectivity index (χ0n) is 15.4. The maximum atomic E-state index is 13.9. The van der Waals surface area contributed by atoms with Gasteiger partial charge in [-0.3, -0.25) is 0 Å². The van der Waals surface area contributed by atoms with E-state index in [1.165, 1.54) is 42.5 Å². The molecule has 0 heterocycles. The Balaban J connectivity index is 1.90. The largest absolute Gasteiger partial charge is 0.457 e. The number of nitrogens with two attached hydrogens (primary N) is 2. The van der Waals surface area contributed by atoms with Gasteiger partial charge in [-0.2, -0.15) is 0 Å². The zero-order chi connectivity index (χ0) is 21.2. The molecular formula is C20H18F2N2O4S. The Bertz CT molecular complexity index is 1130. The fraction of sp³-hybridized carbons (Fsp3) is 0.100. The molecule has 3 rings (SSSR count). The van der Waals surface area contributed by atoms with Gasteiger partial charge in [0.1, 0.15) is 11.5 Å². The van der Waals surface area contributed by atoms with Gasteiger partial charge in [-0.25, -0.2) is 17.2 Å². The summed E-state index contributed by atoms with van der Waals surface area (Å²) < 4.78 is 62.4. The van der Waals surface area contributed by atoms with E-state index in [4.69, 9.17) is 20.9 Å². The second-order valence-electron chi connectivity index (χ2n) is 6.05. The van der Waals surface area contributed by atoms with E-state index in [-0.39, 0.29) is 33.5 Å². The third-order valence-corrected chi connectivity index (χ3v) is 5.83. The van der Waals surface area contributed by atoms with Crippen LogP contribution in [0.15, 0.2) is 59.5 Å². The van der Waals surface area contributed by atoms with Crippen molar-refractivity contribution in [3.63, 3.8) is 0 Å². The van der Waals surface area contributed by atoms with Gasteiger partial charge in [-0.1, -0.05) is 13.0 Å². The van der Waals surface area contributed by atoms with Gasteiger partial charge >= 0.3 is 0 Å². The molecule has 3 aromatic carbocycles. The summed E-state index contributed by atoms with van der Waals surface area (Å²) in [7, 11) is -3.33. The van der Waals surface area contributed by atoms with Gasteiger partial charge in [0.25, 0.3) is 0 Å². The molecule has 0 aliphatic carbocycles. The summed E-state index contributed by atoms with van der Waals surface area (Å²) in [6.45, 7) is 1.55. The van der Waals surface area contributed by atoms with E-state index in [1.54, 1.807) is 6.92 Å². The highest BCUT2D eigenvalue weighted by molar-refractivity contribution is 7.91. The lowest BCUT2D eigenvalue weighted by Gasteiger charge is -2.14. The summed E-state index contributed by atoms with van der Waals surface area (Å²) in [5.74, 6) is -2.01. The van der Waals surface area contributed by atoms with Crippen LogP contribution in [0.5, 0.6) is 23.0 Å². The molecule has 0 atom stereocenters. The van der Waals surface area contributed by atoms with Crippen LogP contribution in [-0.4, -0.2) is 14.2 Å². The third-order valence-electron chi connectivity index (χ3n) is 4.08. The summed E-state index contributed by atoms with van der Waals surface area (Å²) in [4.78, 5) is 0.170. The monoisotopic (exact) mass is 420 g/mol. The van der Waals surface area contributed by atoms with E-state index in [9.17, 15) is 17.2 Å². The molecule has 0 aliphatic heterocycles. The Hall–Kier alpha value is -3.33. The van der Waals surface area contributed by atoms with E-state index >= 15 is 0 Å². The number of benzene rings is 3. The number of nitrogen functional groups attached to an aromatic ring is 2. The molecule has 0 unspecified atom stereocenters. The highest BCUT2D eigenvalue weighted by Gasteiger charge is 2.16. The molecular weight excluding hydrogens is 402 g/mol. The van der Waals surface area contributed by atoms with Crippen LogP contribution >= 0.6 is 0 Å². The van der Waals surface area contributed by atoms with Crippen LogP contribution in [0.2, 0.25) is 0 Å². The minimum Gasteiger partial charge on any atom is -0.457 e. The van der Waals surface area contributed by atoms with Crippen LogP contribution < -0.4 is 20.9 Å². The Morgan fingerprint density at radius 2 is 1.52 bits per heavy atom. The van der Waals surface area contributed by atoms with Crippen molar-refractivity contribution in [3.05, 3.63) is 66.2 Å². The molecule has 9 heteroatoms. The van der Waals surface area contributed by atoms with E-state index in [1.807, 2.05) is 0 Å². The number of halogens is 2. The highest BCUT2D eigenvalue weighted by Crippen LogP contribution is 2.39. The molecule has 0 radical (unpaired) electrons. The predicted octanol–water partition coefficient (Wildman–Crippen LogP) is 4.51. The number of ether oxygens (including phenoxy) is 2. The Labute approximate surface area is 166 Å². The Morgan fingerprint density at radius 1 is 0.897 bits per heavy atom. The van der Waals surface area contributed by atoms with Crippen LogP contribution in [0, 0.1) is 11.6 Å². The topological polar surface area (TPSA) is 105 Å². The van der Waals surface area contributed by atoms with Gasteiger partial charge in [-0.05, 0) is 36.4 Å². The second kappa shape index (κ2) is 7.96. The average molecular weight is 420 g/mol. The fourth-order valence-electron chi connectivity index (χ4n) is 2.47. The van der Waals surface area contributed by atoms with Crippen LogP contribution in [0.25, 0.3) is 0 Å². The molecule has 4 N–H and O–H groups in total. The molecule has 0 spiro atoms. The van der Waals surface area contributed by atoms with Crippen molar-refractivity contribution in [3.8, 4) is 23.0 Å². The van der Waals surface area contributed by atoms with E-state index in [0.29, 0.717) is 5.75 Å². The number of rotatable bonds is 6. The van der Waals surface area contributed by atoms with Crippen molar-refractivity contribution in [1.82, 2.24) is 0 Å².